The molecule has 2 rings (SSSR count). The number of amides is 2. The van der Waals surface area contributed by atoms with E-state index in [9.17, 15) is 14.0 Å². The average Bonchev–Trinajstić information content (AvgIpc) is 2.65. The lowest BCUT2D eigenvalue weighted by Crippen LogP contribution is -2.49. The monoisotopic (exact) mass is 370 g/mol. The fraction of sp³-hybridized carbons (Fsp3) is 0.364. The van der Waals surface area contributed by atoms with Crippen molar-refractivity contribution in [3.63, 3.8) is 0 Å². The molecule has 4 nitrogen and oxygen atoms in total. The van der Waals surface area contributed by atoms with E-state index in [4.69, 9.17) is 0 Å². The molecular formula is C22H27FN2O2. The lowest BCUT2D eigenvalue weighted by atomic mass is 10.1. The number of carbonyl (C=O) groups is 2. The van der Waals surface area contributed by atoms with Gasteiger partial charge in [0.05, 0.1) is 6.42 Å². The van der Waals surface area contributed by atoms with Crippen LogP contribution in [0.2, 0.25) is 0 Å². The van der Waals surface area contributed by atoms with Gasteiger partial charge in [0, 0.05) is 13.1 Å². The molecule has 0 saturated heterocycles. The molecule has 27 heavy (non-hydrogen) atoms. The smallest absolute Gasteiger partial charge is 0.242 e. The first-order valence-electron chi connectivity index (χ1n) is 9.31. The van der Waals surface area contributed by atoms with Crippen LogP contribution in [-0.4, -0.2) is 29.3 Å². The molecule has 0 radical (unpaired) electrons. The van der Waals surface area contributed by atoms with E-state index < -0.39 is 6.04 Å². The summed E-state index contributed by atoms with van der Waals surface area (Å²) in [5.41, 5.74) is 2.82. The minimum Gasteiger partial charge on any atom is -0.355 e. The van der Waals surface area contributed by atoms with Crippen LogP contribution in [0.1, 0.15) is 37.0 Å². The molecule has 0 aliphatic rings. The standard InChI is InChI=1S/C22H27FN2O2/c1-4-20(22(27)24-5-2)25(15-18-10-12-19(23)13-11-18)21(26)14-17-8-6-16(3)7-9-17/h6-13,20H,4-5,14-15H2,1-3H3,(H,24,27)/t20-/m0/s1. The first-order valence-corrected chi connectivity index (χ1v) is 9.31. The van der Waals surface area contributed by atoms with Crippen LogP contribution in [0.15, 0.2) is 48.5 Å². The van der Waals surface area contributed by atoms with Gasteiger partial charge in [-0.2, -0.15) is 0 Å². The Morgan fingerprint density at radius 3 is 2.15 bits per heavy atom. The second-order valence-electron chi connectivity index (χ2n) is 6.63. The normalized spacial score (nSPS) is 11.7. The van der Waals surface area contributed by atoms with Crippen molar-refractivity contribution < 1.29 is 14.0 Å². The van der Waals surface area contributed by atoms with E-state index in [1.165, 1.54) is 12.1 Å². The third kappa shape index (κ3) is 5.91. The minimum absolute atomic E-state index is 0.124. The molecule has 0 bridgehead atoms. The molecule has 0 heterocycles. The topological polar surface area (TPSA) is 49.4 Å². The maximum atomic E-state index is 13.2. The zero-order valence-electron chi connectivity index (χ0n) is 16.2. The molecule has 0 aromatic heterocycles. The van der Waals surface area contributed by atoms with Crippen molar-refractivity contribution >= 4 is 11.8 Å². The summed E-state index contributed by atoms with van der Waals surface area (Å²) >= 11 is 0. The van der Waals surface area contributed by atoms with E-state index in [2.05, 4.69) is 5.32 Å². The van der Waals surface area contributed by atoms with Crippen molar-refractivity contribution in [2.45, 2.75) is 46.2 Å². The molecule has 1 N–H and O–H groups in total. The molecule has 2 aromatic rings. The van der Waals surface area contributed by atoms with Crippen molar-refractivity contribution in [1.82, 2.24) is 10.2 Å². The van der Waals surface area contributed by atoms with Crippen molar-refractivity contribution in [2.75, 3.05) is 6.54 Å². The lowest BCUT2D eigenvalue weighted by molar-refractivity contribution is -0.140. The van der Waals surface area contributed by atoms with Gasteiger partial charge in [-0.05, 0) is 43.5 Å². The predicted octanol–water partition coefficient (Wildman–Crippen LogP) is 3.62. The number of hydrogen-bond acceptors (Lipinski definition) is 2. The van der Waals surface area contributed by atoms with Gasteiger partial charge in [-0.1, -0.05) is 48.9 Å². The van der Waals surface area contributed by atoms with E-state index in [0.29, 0.717) is 13.0 Å². The summed E-state index contributed by atoms with van der Waals surface area (Å²) in [5, 5.41) is 2.81. The molecule has 0 unspecified atom stereocenters. The van der Waals surface area contributed by atoms with Gasteiger partial charge in [-0.15, -0.1) is 0 Å². The quantitative estimate of drug-likeness (QED) is 0.772. The van der Waals surface area contributed by atoms with E-state index in [1.54, 1.807) is 17.0 Å². The molecule has 0 spiro atoms. The van der Waals surface area contributed by atoms with Gasteiger partial charge >= 0.3 is 0 Å². The van der Waals surface area contributed by atoms with Crippen molar-refractivity contribution in [2.24, 2.45) is 0 Å². The number of carbonyl (C=O) groups excluding carboxylic acids is 2. The van der Waals surface area contributed by atoms with Gasteiger partial charge in [0.15, 0.2) is 0 Å². The Kier molecular flexibility index (Phi) is 7.53. The number of halogens is 1. The third-order valence-electron chi connectivity index (χ3n) is 4.48. The Hall–Kier alpha value is -2.69. The summed E-state index contributed by atoms with van der Waals surface area (Å²) in [4.78, 5) is 27.1. The molecule has 2 amide bonds. The van der Waals surface area contributed by atoms with Gasteiger partial charge in [0.25, 0.3) is 0 Å². The fourth-order valence-electron chi connectivity index (χ4n) is 2.98. The third-order valence-corrected chi connectivity index (χ3v) is 4.48. The first-order chi connectivity index (χ1) is 12.9. The van der Waals surface area contributed by atoms with Crippen molar-refractivity contribution in [3.8, 4) is 0 Å². The molecule has 0 aliphatic heterocycles. The molecule has 0 fully saturated rings. The number of likely N-dealkylation sites (N-methyl/N-ethyl adjacent to an activating group) is 1. The maximum absolute atomic E-state index is 13.2. The van der Waals surface area contributed by atoms with Crippen molar-refractivity contribution in [3.05, 3.63) is 71.0 Å². The Balaban J connectivity index is 2.25. The highest BCUT2D eigenvalue weighted by Crippen LogP contribution is 2.15. The molecule has 0 aliphatic carbocycles. The molecule has 2 aromatic carbocycles. The number of nitrogens with one attached hydrogen (secondary N) is 1. The van der Waals surface area contributed by atoms with Gasteiger partial charge in [0.2, 0.25) is 11.8 Å². The van der Waals surface area contributed by atoms with Gasteiger partial charge in [0.1, 0.15) is 11.9 Å². The van der Waals surface area contributed by atoms with Crippen LogP contribution in [-0.2, 0) is 22.6 Å². The second-order valence-corrected chi connectivity index (χ2v) is 6.63. The first kappa shape index (κ1) is 20.6. The number of benzene rings is 2. The van der Waals surface area contributed by atoms with E-state index in [-0.39, 0.29) is 30.6 Å². The second kappa shape index (κ2) is 9.86. The lowest BCUT2D eigenvalue weighted by Gasteiger charge is -2.30. The van der Waals surface area contributed by atoms with Crippen LogP contribution in [0.3, 0.4) is 0 Å². The van der Waals surface area contributed by atoms with Gasteiger partial charge in [-0.25, -0.2) is 4.39 Å². The van der Waals surface area contributed by atoms with Crippen molar-refractivity contribution in [1.29, 1.82) is 0 Å². The Morgan fingerprint density at radius 1 is 1.00 bits per heavy atom. The van der Waals surface area contributed by atoms with Gasteiger partial charge in [-0.3, -0.25) is 9.59 Å². The zero-order chi connectivity index (χ0) is 19.8. The summed E-state index contributed by atoms with van der Waals surface area (Å²) in [6.45, 7) is 6.50. The van der Waals surface area contributed by atoms with E-state index in [0.717, 1.165) is 16.7 Å². The molecule has 1 atom stereocenters. The van der Waals surface area contributed by atoms with Crippen LogP contribution in [0, 0.1) is 12.7 Å². The minimum atomic E-state index is -0.562. The van der Waals surface area contributed by atoms with Gasteiger partial charge < -0.3 is 10.2 Å². The Morgan fingerprint density at radius 2 is 1.59 bits per heavy atom. The van der Waals surface area contributed by atoms with E-state index in [1.807, 2.05) is 45.0 Å². The summed E-state index contributed by atoms with van der Waals surface area (Å²) in [7, 11) is 0. The summed E-state index contributed by atoms with van der Waals surface area (Å²) in [6, 6.07) is 13.2. The molecule has 144 valence electrons. The highest BCUT2D eigenvalue weighted by atomic mass is 19.1. The SMILES string of the molecule is CCNC(=O)[C@H](CC)N(Cc1ccc(F)cc1)C(=O)Cc1ccc(C)cc1. The summed E-state index contributed by atoms with van der Waals surface area (Å²) < 4.78 is 13.2. The number of aryl methyl sites for hydroxylation is 1. The molecular weight excluding hydrogens is 343 g/mol. The van der Waals surface area contributed by atoms with Crippen LogP contribution >= 0.6 is 0 Å². The average molecular weight is 370 g/mol. The highest BCUT2D eigenvalue weighted by Gasteiger charge is 2.28. The Labute approximate surface area is 160 Å². The number of rotatable bonds is 8. The summed E-state index contributed by atoms with van der Waals surface area (Å²) in [6.07, 6.45) is 0.726. The van der Waals surface area contributed by atoms with Crippen LogP contribution in [0.25, 0.3) is 0 Å². The summed E-state index contributed by atoms with van der Waals surface area (Å²) in [5.74, 6) is -0.618. The van der Waals surface area contributed by atoms with Crippen LogP contribution in [0.4, 0.5) is 4.39 Å². The molecule has 5 heteroatoms. The Bertz CT molecular complexity index is 757. The fourth-order valence-corrected chi connectivity index (χ4v) is 2.98. The number of hydrogen-bond donors (Lipinski definition) is 1. The van der Waals surface area contributed by atoms with E-state index >= 15 is 0 Å². The maximum Gasteiger partial charge on any atom is 0.242 e. The predicted molar refractivity (Wildman–Crippen MR) is 105 cm³/mol. The largest absolute Gasteiger partial charge is 0.355 e. The number of nitrogens with zero attached hydrogens (tertiary/aromatic N) is 1. The van der Waals surface area contributed by atoms with Crippen LogP contribution in [0.5, 0.6) is 0 Å². The highest BCUT2D eigenvalue weighted by molar-refractivity contribution is 5.88. The molecule has 0 saturated carbocycles. The zero-order valence-corrected chi connectivity index (χ0v) is 16.2. The van der Waals surface area contributed by atoms with Crippen LogP contribution < -0.4 is 5.32 Å².